The number of nitriles is 1. The maximum atomic E-state index is 13.8. The number of anilines is 3. The molecule has 232 valence electrons. The van der Waals surface area contributed by atoms with E-state index in [-0.39, 0.29) is 18.9 Å². The van der Waals surface area contributed by atoms with Crippen molar-refractivity contribution in [2.24, 2.45) is 0 Å². The fourth-order valence-electron chi connectivity index (χ4n) is 6.86. The highest BCUT2D eigenvalue weighted by atomic mass is 19.1. The fraction of sp³-hybridized carbons (Fsp3) is 0.548. The molecule has 12 nitrogen and oxygen atoms in total. The van der Waals surface area contributed by atoms with Crippen LogP contribution in [0.1, 0.15) is 42.6 Å². The standard InChI is InChI=1S/C31H38FN9O3/c1-20(32)31(43)41-14-13-39(16-21(41)8-10-33)26-15-27(44-18-22-5-4-11-37(22)2)36-25-17-40(12-9-23(25)26)30-29-24(34-19-35-30)6-7-28(42)38(29)3/h15,19,21-22H,1,4-9,11-14,16-18H2,2-3H3/t21-,22-/m0/s1. The van der Waals surface area contributed by atoms with Gasteiger partial charge in [0.05, 0.1) is 36.5 Å². The third kappa shape index (κ3) is 5.66. The number of amides is 2. The number of piperazine rings is 1. The molecule has 4 aliphatic rings. The van der Waals surface area contributed by atoms with Gasteiger partial charge in [-0.25, -0.2) is 19.3 Å². The fourth-order valence-corrected chi connectivity index (χ4v) is 6.86. The smallest absolute Gasteiger partial charge is 0.282 e. The van der Waals surface area contributed by atoms with Gasteiger partial charge < -0.3 is 29.2 Å². The summed E-state index contributed by atoms with van der Waals surface area (Å²) < 4.78 is 20.1. The van der Waals surface area contributed by atoms with Gasteiger partial charge >= 0.3 is 0 Å². The summed E-state index contributed by atoms with van der Waals surface area (Å²) in [7, 11) is 3.88. The van der Waals surface area contributed by atoms with Crippen LogP contribution in [0.2, 0.25) is 0 Å². The molecule has 0 aromatic carbocycles. The monoisotopic (exact) mass is 603 g/mol. The van der Waals surface area contributed by atoms with Gasteiger partial charge in [0, 0.05) is 69.4 Å². The molecule has 6 heterocycles. The molecule has 4 aliphatic heterocycles. The molecule has 13 heteroatoms. The van der Waals surface area contributed by atoms with Crippen molar-refractivity contribution in [2.45, 2.75) is 57.2 Å². The summed E-state index contributed by atoms with van der Waals surface area (Å²) in [4.78, 5) is 48.8. The summed E-state index contributed by atoms with van der Waals surface area (Å²) >= 11 is 0. The molecule has 2 saturated heterocycles. The first-order chi connectivity index (χ1) is 21.2. The van der Waals surface area contributed by atoms with Gasteiger partial charge in [0.25, 0.3) is 5.91 Å². The molecule has 2 fully saturated rings. The number of likely N-dealkylation sites (N-methyl/N-ethyl adjacent to an activating group) is 1. The molecule has 0 aliphatic carbocycles. The largest absolute Gasteiger partial charge is 0.476 e. The van der Waals surface area contributed by atoms with Gasteiger partial charge in [-0.2, -0.15) is 5.26 Å². The van der Waals surface area contributed by atoms with E-state index in [1.807, 2.05) is 6.07 Å². The molecule has 0 bridgehead atoms. The number of hydrogen-bond donors (Lipinski definition) is 0. The van der Waals surface area contributed by atoms with E-state index < -0.39 is 17.8 Å². The van der Waals surface area contributed by atoms with Crippen LogP contribution in [0.25, 0.3) is 0 Å². The third-order valence-corrected chi connectivity index (χ3v) is 9.34. The van der Waals surface area contributed by atoms with E-state index in [9.17, 15) is 19.2 Å². The Labute approximate surface area is 256 Å². The molecule has 0 spiro atoms. The molecule has 0 N–H and O–H groups in total. The number of carbonyl (C=O) groups is 2. The predicted octanol–water partition coefficient (Wildman–Crippen LogP) is 2.23. The van der Waals surface area contributed by atoms with E-state index >= 15 is 0 Å². The lowest BCUT2D eigenvalue weighted by Gasteiger charge is -2.43. The number of likely N-dealkylation sites (tertiary alicyclic amines) is 1. The Morgan fingerprint density at radius 2 is 1.95 bits per heavy atom. The number of fused-ring (bicyclic) bond motifs is 2. The van der Waals surface area contributed by atoms with Gasteiger partial charge in [0.2, 0.25) is 11.8 Å². The van der Waals surface area contributed by atoms with Crippen LogP contribution in [-0.2, 0) is 29.0 Å². The molecule has 0 unspecified atom stereocenters. The van der Waals surface area contributed by atoms with Crippen LogP contribution in [0.15, 0.2) is 24.8 Å². The van der Waals surface area contributed by atoms with Crippen LogP contribution in [0.5, 0.6) is 5.88 Å². The highest BCUT2D eigenvalue weighted by Crippen LogP contribution is 2.38. The topological polar surface area (TPSA) is 122 Å². The van der Waals surface area contributed by atoms with E-state index in [1.54, 1.807) is 18.3 Å². The lowest BCUT2D eigenvalue weighted by Crippen LogP contribution is -2.55. The van der Waals surface area contributed by atoms with Crippen molar-refractivity contribution in [3.8, 4) is 11.9 Å². The van der Waals surface area contributed by atoms with Crippen LogP contribution in [0, 0.1) is 11.3 Å². The van der Waals surface area contributed by atoms with Crippen molar-refractivity contribution >= 4 is 29.0 Å². The Morgan fingerprint density at radius 1 is 1.11 bits per heavy atom. The molecular formula is C31H38FN9O3. The summed E-state index contributed by atoms with van der Waals surface area (Å²) in [5.41, 5.74) is 4.49. The minimum atomic E-state index is -1.02. The zero-order chi connectivity index (χ0) is 31.0. The summed E-state index contributed by atoms with van der Waals surface area (Å²) in [6.07, 6.45) is 5.53. The Balaban J connectivity index is 1.33. The van der Waals surface area contributed by atoms with Gasteiger partial charge in [-0.3, -0.25) is 9.59 Å². The quantitative estimate of drug-likeness (QED) is 0.436. The number of aromatic nitrogens is 3. The maximum absolute atomic E-state index is 13.8. The van der Waals surface area contributed by atoms with Gasteiger partial charge in [0.1, 0.15) is 18.6 Å². The van der Waals surface area contributed by atoms with Crippen molar-refractivity contribution in [1.29, 1.82) is 5.26 Å². The summed E-state index contributed by atoms with van der Waals surface area (Å²) in [6, 6.07) is 3.97. The zero-order valence-electron chi connectivity index (χ0n) is 25.3. The Kier molecular flexibility index (Phi) is 8.35. The molecule has 2 amide bonds. The normalized spacial score (nSPS) is 22.0. The molecule has 0 saturated carbocycles. The number of hydrogen-bond acceptors (Lipinski definition) is 10. The van der Waals surface area contributed by atoms with E-state index in [0.29, 0.717) is 69.8 Å². The van der Waals surface area contributed by atoms with E-state index in [2.05, 4.69) is 44.4 Å². The summed E-state index contributed by atoms with van der Waals surface area (Å²) in [5.74, 6) is -0.510. The lowest BCUT2D eigenvalue weighted by atomic mass is 9.99. The van der Waals surface area contributed by atoms with Crippen LogP contribution in [-0.4, -0.2) is 102 Å². The van der Waals surface area contributed by atoms with Crippen LogP contribution >= 0.6 is 0 Å². The second-order valence-electron chi connectivity index (χ2n) is 12.0. The number of ether oxygens (including phenoxy) is 1. The third-order valence-electron chi connectivity index (χ3n) is 9.34. The molecule has 44 heavy (non-hydrogen) atoms. The molecule has 2 aromatic rings. The van der Waals surface area contributed by atoms with Gasteiger partial charge in [-0.05, 0) is 32.9 Å². The molecule has 2 aromatic heterocycles. The van der Waals surface area contributed by atoms with Crippen molar-refractivity contribution in [3.05, 3.63) is 41.8 Å². The summed E-state index contributed by atoms with van der Waals surface area (Å²) in [5, 5.41) is 9.50. The van der Waals surface area contributed by atoms with Crippen LogP contribution in [0.4, 0.5) is 21.6 Å². The van der Waals surface area contributed by atoms with Gasteiger partial charge in [-0.1, -0.05) is 6.58 Å². The summed E-state index contributed by atoms with van der Waals surface area (Å²) in [6.45, 7) is 6.99. The van der Waals surface area contributed by atoms with Gasteiger partial charge in [-0.15, -0.1) is 0 Å². The number of nitrogens with zero attached hydrogens (tertiary/aromatic N) is 9. The first-order valence-corrected chi connectivity index (χ1v) is 15.2. The molecular weight excluding hydrogens is 565 g/mol. The SMILES string of the molecule is C=C(F)C(=O)N1CCN(c2cc(OC[C@@H]3CCCN3C)nc3c2CCN(c2ncnc4c2N(C)C(=O)CC4)C3)C[C@@H]1CC#N. The lowest BCUT2D eigenvalue weighted by molar-refractivity contribution is -0.131. The van der Waals surface area contributed by atoms with Crippen molar-refractivity contribution in [3.63, 3.8) is 0 Å². The Morgan fingerprint density at radius 3 is 2.70 bits per heavy atom. The first-order valence-electron chi connectivity index (χ1n) is 15.2. The molecule has 0 radical (unpaired) electrons. The maximum Gasteiger partial charge on any atom is 0.282 e. The number of pyridine rings is 1. The highest BCUT2D eigenvalue weighted by molar-refractivity contribution is 5.98. The number of rotatable bonds is 7. The van der Waals surface area contributed by atoms with Gasteiger partial charge in [0.15, 0.2) is 11.6 Å². The molecule has 6 rings (SSSR count). The van der Waals surface area contributed by atoms with E-state index in [4.69, 9.17) is 9.72 Å². The van der Waals surface area contributed by atoms with Crippen molar-refractivity contribution in [2.75, 3.05) is 68.1 Å². The first kappa shape index (κ1) is 29.7. The number of aryl methyl sites for hydroxylation is 1. The van der Waals surface area contributed by atoms with Crippen LogP contribution < -0.4 is 19.4 Å². The van der Waals surface area contributed by atoms with E-state index in [0.717, 1.165) is 47.7 Å². The molecule has 2 atom stereocenters. The average Bonchev–Trinajstić information content (AvgIpc) is 3.44. The van der Waals surface area contributed by atoms with Crippen molar-refractivity contribution in [1.82, 2.24) is 24.8 Å². The predicted molar refractivity (Wildman–Crippen MR) is 162 cm³/mol. The Bertz CT molecular complexity index is 1510. The average molecular weight is 604 g/mol. The van der Waals surface area contributed by atoms with Crippen LogP contribution in [0.3, 0.4) is 0 Å². The van der Waals surface area contributed by atoms with Crippen molar-refractivity contribution < 1.29 is 18.7 Å². The minimum Gasteiger partial charge on any atom is -0.476 e. The second-order valence-corrected chi connectivity index (χ2v) is 12.0. The van der Waals surface area contributed by atoms with E-state index in [1.165, 1.54) is 4.90 Å². The highest BCUT2D eigenvalue weighted by Gasteiger charge is 2.35. The number of carbonyl (C=O) groups excluding carboxylic acids is 2. The Hall–Kier alpha value is -4.31. The zero-order valence-corrected chi connectivity index (χ0v) is 25.3. The minimum absolute atomic E-state index is 0.0415. The second kappa shape index (κ2) is 12.4. The number of halogens is 1.